The SMILES string of the molecule is [Al][n]1c2ccccc2c2cc3ocnc3cc21. The molecule has 0 aliphatic carbocycles. The van der Waals surface area contributed by atoms with Crippen LogP contribution in [0.15, 0.2) is 47.2 Å². The molecule has 17 heavy (non-hydrogen) atoms. The van der Waals surface area contributed by atoms with Crippen LogP contribution in [0.25, 0.3) is 32.9 Å². The van der Waals surface area contributed by atoms with Crippen molar-refractivity contribution in [3.05, 3.63) is 42.8 Å². The molecular weight excluding hydrogens is 227 g/mol. The maximum absolute atomic E-state index is 5.36. The standard InChI is InChI=1S/C13H7N2O.Al/c1-2-4-10-8(3-1)9-5-13-12(14-7-16-13)6-11(9)15-10;/h1-7H;/q-1;+1. The van der Waals surface area contributed by atoms with E-state index >= 15 is 0 Å². The van der Waals surface area contributed by atoms with Crippen LogP contribution >= 0.6 is 0 Å². The zero-order valence-electron chi connectivity index (χ0n) is 8.92. The van der Waals surface area contributed by atoms with Gasteiger partial charge in [-0.2, -0.15) is 0 Å². The number of nitrogens with zero attached hydrogens (tertiary/aromatic N) is 2. The summed E-state index contributed by atoms with van der Waals surface area (Å²) in [7, 11) is 0. The van der Waals surface area contributed by atoms with Crippen molar-refractivity contribution in [1.29, 1.82) is 0 Å². The van der Waals surface area contributed by atoms with Crippen molar-refractivity contribution < 1.29 is 4.42 Å². The average molecular weight is 234 g/mol. The van der Waals surface area contributed by atoms with Gasteiger partial charge in [-0.1, -0.05) is 18.2 Å². The Balaban J connectivity index is 2.36. The number of para-hydroxylation sites is 1. The fourth-order valence-electron chi connectivity index (χ4n) is 2.35. The van der Waals surface area contributed by atoms with Crippen molar-refractivity contribution in [2.24, 2.45) is 0 Å². The third-order valence-electron chi connectivity index (χ3n) is 3.16. The first kappa shape index (κ1) is 9.29. The van der Waals surface area contributed by atoms with E-state index in [0.717, 1.165) is 16.6 Å². The van der Waals surface area contributed by atoms with Gasteiger partial charge in [-0.25, -0.2) is 4.98 Å². The highest BCUT2D eigenvalue weighted by atomic mass is 27.1. The van der Waals surface area contributed by atoms with Crippen molar-refractivity contribution in [1.82, 2.24) is 8.53 Å². The molecule has 4 aromatic rings. The lowest BCUT2D eigenvalue weighted by atomic mass is 10.1. The summed E-state index contributed by atoms with van der Waals surface area (Å²) in [6, 6.07) is 12.4. The molecule has 2 heterocycles. The zero-order chi connectivity index (χ0) is 11.4. The molecule has 0 unspecified atom stereocenters. The number of oxazole rings is 1. The molecule has 0 bridgehead atoms. The number of aromatic nitrogens is 2. The number of benzene rings is 2. The molecular formula is C13H7AlN2O. The van der Waals surface area contributed by atoms with Gasteiger partial charge in [0.05, 0.1) is 0 Å². The summed E-state index contributed by atoms with van der Waals surface area (Å²) >= 11 is 2.75. The highest BCUT2D eigenvalue weighted by Crippen LogP contribution is 2.30. The number of hydrogen-bond donors (Lipinski definition) is 0. The van der Waals surface area contributed by atoms with Gasteiger partial charge in [0.15, 0.2) is 12.0 Å². The van der Waals surface area contributed by atoms with Gasteiger partial charge in [0.2, 0.25) is 0 Å². The van der Waals surface area contributed by atoms with Crippen molar-refractivity contribution in [3.8, 4) is 0 Å². The van der Waals surface area contributed by atoms with Gasteiger partial charge in [0.25, 0.3) is 0 Å². The minimum atomic E-state index is 0.832. The lowest BCUT2D eigenvalue weighted by molar-refractivity contribution is 0.602. The molecule has 0 spiro atoms. The van der Waals surface area contributed by atoms with Gasteiger partial charge in [-0.3, -0.25) is 0 Å². The first-order chi connectivity index (χ1) is 8.34. The fraction of sp³-hybridized carbons (Fsp3) is 0. The molecule has 78 valence electrons. The largest absolute Gasteiger partial charge is 0.452 e. The molecule has 0 aliphatic rings. The van der Waals surface area contributed by atoms with Gasteiger partial charge in [0, 0.05) is 21.8 Å². The summed E-state index contributed by atoms with van der Waals surface area (Å²) in [5.74, 6) is 0. The molecule has 0 aliphatic heterocycles. The van der Waals surface area contributed by atoms with Gasteiger partial charge in [-0.05, 0) is 18.2 Å². The van der Waals surface area contributed by atoms with Crippen LogP contribution in [-0.2, 0) is 0 Å². The Hall–Kier alpha value is -1.76. The van der Waals surface area contributed by atoms with E-state index in [1.54, 1.807) is 0 Å². The predicted octanol–water partition coefficient (Wildman–Crippen LogP) is 2.87. The molecule has 0 saturated heterocycles. The molecule has 0 fully saturated rings. The smallest absolute Gasteiger partial charge is 0.318 e. The molecule has 3 nitrogen and oxygen atoms in total. The average Bonchev–Trinajstić information content (AvgIpc) is 2.92. The van der Waals surface area contributed by atoms with Crippen molar-refractivity contribution >= 4 is 49.4 Å². The molecule has 2 aromatic carbocycles. The minimum absolute atomic E-state index is 0.832. The minimum Gasteiger partial charge on any atom is -0.452 e. The second-order valence-electron chi connectivity index (χ2n) is 4.08. The summed E-state index contributed by atoms with van der Waals surface area (Å²) in [4.78, 5) is 4.19. The van der Waals surface area contributed by atoms with E-state index in [2.05, 4.69) is 55.4 Å². The first-order valence-corrected chi connectivity index (χ1v) is 5.88. The number of hydrogen-bond acceptors (Lipinski definition) is 2. The molecule has 0 atom stereocenters. The Kier molecular flexibility index (Phi) is 1.71. The summed E-state index contributed by atoms with van der Waals surface area (Å²) in [5.41, 5.74) is 4.07. The molecule has 4 heteroatoms. The Labute approximate surface area is 105 Å². The second kappa shape index (κ2) is 3.13. The molecule has 4 rings (SSSR count). The van der Waals surface area contributed by atoms with Crippen molar-refractivity contribution in [2.75, 3.05) is 0 Å². The predicted molar refractivity (Wildman–Crippen MR) is 68.2 cm³/mol. The third kappa shape index (κ3) is 1.14. The van der Waals surface area contributed by atoms with Crippen LogP contribution in [0, 0.1) is 0 Å². The normalized spacial score (nSPS) is 11.8. The first-order valence-electron chi connectivity index (χ1n) is 5.36. The van der Waals surface area contributed by atoms with Gasteiger partial charge in [0.1, 0.15) is 5.52 Å². The van der Waals surface area contributed by atoms with E-state index < -0.39 is 0 Å². The molecule has 0 saturated carbocycles. The Morgan fingerprint density at radius 3 is 2.88 bits per heavy atom. The van der Waals surface area contributed by atoms with E-state index in [0.29, 0.717) is 0 Å². The van der Waals surface area contributed by atoms with Crippen molar-refractivity contribution in [2.45, 2.75) is 0 Å². The second-order valence-corrected chi connectivity index (χ2v) is 4.59. The van der Waals surface area contributed by atoms with Crippen molar-refractivity contribution in [3.63, 3.8) is 0 Å². The molecule has 0 N–H and O–H groups in total. The highest BCUT2D eigenvalue weighted by Gasteiger charge is 2.09. The lowest BCUT2D eigenvalue weighted by Crippen LogP contribution is -1.89. The lowest BCUT2D eigenvalue weighted by Gasteiger charge is -1.98. The van der Waals surface area contributed by atoms with E-state index in [1.165, 1.54) is 22.7 Å². The van der Waals surface area contributed by atoms with Crippen LogP contribution in [0.2, 0.25) is 0 Å². The van der Waals surface area contributed by atoms with E-state index in [-0.39, 0.29) is 0 Å². The van der Waals surface area contributed by atoms with Crippen LogP contribution in [0.5, 0.6) is 0 Å². The topological polar surface area (TPSA) is 31.0 Å². The summed E-state index contributed by atoms with van der Waals surface area (Å²) in [6.07, 6.45) is 1.48. The van der Waals surface area contributed by atoms with Gasteiger partial charge in [-0.15, -0.1) is 0 Å². The van der Waals surface area contributed by atoms with Crippen LogP contribution in [0.1, 0.15) is 0 Å². The third-order valence-corrected chi connectivity index (χ3v) is 3.72. The van der Waals surface area contributed by atoms with Crippen LogP contribution < -0.4 is 0 Å². The highest BCUT2D eigenvalue weighted by molar-refractivity contribution is 6.23. The summed E-state index contributed by atoms with van der Waals surface area (Å²) in [6.45, 7) is 0. The maximum atomic E-state index is 5.36. The van der Waals surface area contributed by atoms with Gasteiger partial charge >= 0.3 is 16.5 Å². The van der Waals surface area contributed by atoms with E-state index in [9.17, 15) is 0 Å². The van der Waals surface area contributed by atoms with Crippen LogP contribution in [-0.4, -0.2) is 25.0 Å². The molecule has 0 amide bonds. The van der Waals surface area contributed by atoms with Gasteiger partial charge < -0.3 is 7.97 Å². The van der Waals surface area contributed by atoms with E-state index in [1.807, 2.05) is 6.07 Å². The Morgan fingerprint density at radius 2 is 1.94 bits per heavy atom. The summed E-state index contributed by atoms with van der Waals surface area (Å²) in [5, 5.41) is 2.43. The fourth-order valence-corrected chi connectivity index (χ4v) is 2.79. The monoisotopic (exact) mass is 234 g/mol. The van der Waals surface area contributed by atoms with Crippen LogP contribution in [0.4, 0.5) is 0 Å². The van der Waals surface area contributed by atoms with Crippen LogP contribution in [0.3, 0.4) is 0 Å². The Bertz CT molecular complexity index is 860. The zero-order valence-corrected chi connectivity index (χ0v) is 10.1. The maximum Gasteiger partial charge on any atom is 0.318 e. The molecule has 2 radical (unpaired) electrons. The quantitative estimate of drug-likeness (QED) is 0.438. The number of fused-ring (bicyclic) bond motifs is 4. The molecule has 2 aromatic heterocycles. The number of rotatable bonds is 0. The summed E-state index contributed by atoms with van der Waals surface area (Å²) < 4.78 is 7.47. The van der Waals surface area contributed by atoms with E-state index in [4.69, 9.17) is 4.42 Å². The Morgan fingerprint density at radius 1 is 1.06 bits per heavy atom.